The molecule has 0 unspecified atom stereocenters. The first-order valence-corrected chi connectivity index (χ1v) is 7.87. The van der Waals surface area contributed by atoms with E-state index in [0.717, 1.165) is 10.4 Å². The van der Waals surface area contributed by atoms with Crippen molar-refractivity contribution < 1.29 is 17.9 Å². The van der Waals surface area contributed by atoms with Crippen LogP contribution in [0.15, 0.2) is 18.2 Å². The van der Waals surface area contributed by atoms with Crippen LogP contribution >= 0.6 is 0 Å². The number of aliphatic hydroxyl groups excluding tert-OH is 1. The number of benzene rings is 1. The molecular formula is C14H19FN2O3S. The van der Waals surface area contributed by atoms with Gasteiger partial charge >= 0.3 is 10.2 Å². The maximum Gasteiger partial charge on any atom is 0.301 e. The molecule has 0 atom stereocenters. The molecule has 0 saturated heterocycles. The van der Waals surface area contributed by atoms with Crippen LogP contribution in [0.3, 0.4) is 0 Å². The van der Waals surface area contributed by atoms with Crippen molar-refractivity contribution in [2.75, 3.05) is 18.4 Å². The fourth-order valence-corrected chi connectivity index (χ4v) is 2.53. The zero-order valence-corrected chi connectivity index (χ0v) is 13.0. The number of nitrogens with zero attached hydrogens (tertiary/aromatic N) is 1. The SMILES string of the molecule is CC(C)N(C)S(=O)(=O)Nc1ccc(C#CCCO)cc1F. The highest BCUT2D eigenvalue weighted by Crippen LogP contribution is 2.18. The molecule has 0 aliphatic carbocycles. The molecule has 0 fully saturated rings. The Bertz CT molecular complexity index is 648. The Labute approximate surface area is 125 Å². The van der Waals surface area contributed by atoms with Gasteiger partial charge in [-0.3, -0.25) is 4.72 Å². The third-order valence-electron chi connectivity index (χ3n) is 2.78. The van der Waals surface area contributed by atoms with Gasteiger partial charge in [-0.15, -0.1) is 0 Å². The van der Waals surface area contributed by atoms with Crippen molar-refractivity contribution in [3.63, 3.8) is 0 Å². The molecule has 1 aromatic carbocycles. The van der Waals surface area contributed by atoms with Crippen molar-refractivity contribution >= 4 is 15.9 Å². The normalized spacial score (nSPS) is 11.4. The maximum atomic E-state index is 13.9. The molecule has 21 heavy (non-hydrogen) atoms. The van der Waals surface area contributed by atoms with E-state index < -0.39 is 16.0 Å². The highest BCUT2D eigenvalue weighted by Gasteiger charge is 2.21. The minimum absolute atomic E-state index is 0.0606. The minimum atomic E-state index is -3.79. The van der Waals surface area contributed by atoms with Gasteiger partial charge in [-0.2, -0.15) is 12.7 Å². The molecule has 0 radical (unpaired) electrons. The smallest absolute Gasteiger partial charge is 0.301 e. The number of rotatable bonds is 5. The quantitative estimate of drug-likeness (QED) is 0.810. The fraction of sp³-hybridized carbons (Fsp3) is 0.429. The van der Waals surface area contributed by atoms with E-state index in [1.807, 2.05) is 0 Å². The lowest BCUT2D eigenvalue weighted by Crippen LogP contribution is -2.37. The van der Waals surface area contributed by atoms with E-state index in [0.29, 0.717) is 12.0 Å². The Morgan fingerprint density at radius 3 is 2.62 bits per heavy atom. The van der Waals surface area contributed by atoms with Gasteiger partial charge in [0.05, 0.1) is 12.3 Å². The van der Waals surface area contributed by atoms with Gasteiger partial charge in [0.25, 0.3) is 0 Å². The third kappa shape index (κ3) is 5.01. The third-order valence-corrected chi connectivity index (χ3v) is 4.44. The fourth-order valence-electron chi connectivity index (χ4n) is 1.38. The van der Waals surface area contributed by atoms with Crippen LogP contribution in [0.25, 0.3) is 0 Å². The Kier molecular flexibility index (Phi) is 6.15. The summed E-state index contributed by atoms with van der Waals surface area (Å²) in [6.07, 6.45) is 0.301. The second kappa shape index (κ2) is 7.41. The molecule has 1 rings (SSSR count). The van der Waals surface area contributed by atoms with Gasteiger partial charge in [0.15, 0.2) is 0 Å². The summed E-state index contributed by atoms with van der Waals surface area (Å²) in [6, 6.07) is 3.75. The van der Waals surface area contributed by atoms with Crippen LogP contribution in [0.4, 0.5) is 10.1 Å². The molecule has 0 aliphatic heterocycles. The summed E-state index contributed by atoms with van der Waals surface area (Å²) in [6.45, 7) is 3.37. The van der Waals surface area contributed by atoms with E-state index >= 15 is 0 Å². The van der Waals surface area contributed by atoms with Crippen molar-refractivity contribution in [3.05, 3.63) is 29.6 Å². The molecule has 7 heteroatoms. The van der Waals surface area contributed by atoms with Crippen molar-refractivity contribution in [2.24, 2.45) is 0 Å². The lowest BCUT2D eigenvalue weighted by atomic mass is 10.2. The van der Waals surface area contributed by atoms with E-state index in [1.165, 1.54) is 19.2 Å². The highest BCUT2D eigenvalue weighted by atomic mass is 32.2. The molecule has 116 valence electrons. The van der Waals surface area contributed by atoms with Gasteiger partial charge in [-0.1, -0.05) is 11.8 Å². The second-order valence-electron chi connectivity index (χ2n) is 4.69. The topological polar surface area (TPSA) is 69.6 Å². The summed E-state index contributed by atoms with van der Waals surface area (Å²) in [5.41, 5.74) is 0.288. The number of anilines is 1. The van der Waals surface area contributed by atoms with E-state index in [9.17, 15) is 12.8 Å². The van der Waals surface area contributed by atoms with Crippen molar-refractivity contribution in [3.8, 4) is 11.8 Å². The number of aliphatic hydroxyl groups is 1. The molecule has 0 aromatic heterocycles. The van der Waals surface area contributed by atoms with Crippen LogP contribution < -0.4 is 4.72 Å². The Hall–Kier alpha value is -1.62. The predicted octanol–water partition coefficient (Wildman–Crippen LogP) is 1.56. The first-order chi connectivity index (χ1) is 9.77. The van der Waals surface area contributed by atoms with Gasteiger partial charge in [-0.25, -0.2) is 4.39 Å². The van der Waals surface area contributed by atoms with E-state index in [-0.39, 0.29) is 18.3 Å². The summed E-state index contributed by atoms with van der Waals surface area (Å²) in [7, 11) is -2.38. The maximum absolute atomic E-state index is 13.9. The number of nitrogens with one attached hydrogen (secondary N) is 1. The average molecular weight is 314 g/mol. The zero-order chi connectivity index (χ0) is 16.0. The Morgan fingerprint density at radius 1 is 1.43 bits per heavy atom. The van der Waals surface area contributed by atoms with Crippen molar-refractivity contribution in [1.82, 2.24) is 4.31 Å². The number of hydrogen-bond donors (Lipinski definition) is 2. The molecule has 0 bridgehead atoms. The van der Waals surface area contributed by atoms with Gasteiger partial charge in [0, 0.05) is 25.1 Å². The lowest BCUT2D eigenvalue weighted by Gasteiger charge is -2.21. The first-order valence-electron chi connectivity index (χ1n) is 6.43. The van der Waals surface area contributed by atoms with Gasteiger partial charge in [0.2, 0.25) is 0 Å². The summed E-state index contributed by atoms with van der Waals surface area (Å²) in [5, 5.41) is 8.61. The molecule has 1 aromatic rings. The van der Waals surface area contributed by atoms with E-state index in [2.05, 4.69) is 16.6 Å². The molecule has 0 aliphatic rings. The van der Waals surface area contributed by atoms with E-state index in [1.54, 1.807) is 13.8 Å². The summed E-state index contributed by atoms with van der Waals surface area (Å²) in [5.74, 6) is 4.64. The number of halogens is 1. The molecular weight excluding hydrogens is 295 g/mol. The summed E-state index contributed by atoms with van der Waals surface area (Å²) >= 11 is 0. The van der Waals surface area contributed by atoms with Crippen LogP contribution in [0.1, 0.15) is 25.8 Å². The molecule has 0 saturated carbocycles. The minimum Gasteiger partial charge on any atom is -0.395 e. The molecule has 0 amide bonds. The van der Waals surface area contributed by atoms with Crippen LogP contribution in [0.2, 0.25) is 0 Å². The van der Waals surface area contributed by atoms with Crippen molar-refractivity contribution in [2.45, 2.75) is 26.3 Å². The van der Waals surface area contributed by atoms with E-state index in [4.69, 9.17) is 5.11 Å². The Morgan fingerprint density at radius 2 is 2.10 bits per heavy atom. The monoisotopic (exact) mass is 314 g/mol. The largest absolute Gasteiger partial charge is 0.395 e. The van der Waals surface area contributed by atoms with Crippen LogP contribution in [0.5, 0.6) is 0 Å². The van der Waals surface area contributed by atoms with Crippen molar-refractivity contribution in [1.29, 1.82) is 0 Å². The van der Waals surface area contributed by atoms with Gasteiger partial charge < -0.3 is 5.11 Å². The van der Waals surface area contributed by atoms with Crippen LogP contribution in [0, 0.1) is 17.7 Å². The standard InChI is InChI=1S/C14H19FN2O3S/c1-11(2)17(3)21(19,20)16-14-8-7-12(10-13(14)15)6-4-5-9-18/h7-8,10-11,16,18H,5,9H2,1-3H3. The summed E-state index contributed by atoms with van der Waals surface area (Å²) in [4.78, 5) is 0. The lowest BCUT2D eigenvalue weighted by molar-refractivity contribution is 0.305. The van der Waals surface area contributed by atoms with Crippen LogP contribution in [-0.4, -0.2) is 37.5 Å². The Balaban J connectivity index is 2.95. The molecule has 5 nitrogen and oxygen atoms in total. The molecule has 2 N–H and O–H groups in total. The highest BCUT2D eigenvalue weighted by molar-refractivity contribution is 7.90. The van der Waals surface area contributed by atoms with Gasteiger partial charge in [-0.05, 0) is 32.0 Å². The van der Waals surface area contributed by atoms with Gasteiger partial charge in [0.1, 0.15) is 5.82 Å². The number of hydrogen-bond acceptors (Lipinski definition) is 3. The second-order valence-corrected chi connectivity index (χ2v) is 6.42. The average Bonchev–Trinajstić information content (AvgIpc) is 2.41. The van der Waals surface area contributed by atoms with Crippen LogP contribution in [-0.2, 0) is 10.2 Å². The first kappa shape index (κ1) is 17.4. The summed E-state index contributed by atoms with van der Waals surface area (Å²) < 4.78 is 41.2. The molecule has 0 heterocycles. The molecule has 0 spiro atoms. The zero-order valence-electron chi connectivity index (χ0n) is 12.2. The predicted molar refractivity (Wildman–Crippen MR) is 80.4 cm³/mol.